The van der Waals surface area contributed by atoms with Crippen molar-refractivity contribution in [2.24, 2.45) is 0 Å². The highest BCUT2D eigenvalue weighted by Crippen LogP contribution is 2.30. The maximum atomic E-state index is 13.2. The molecule has 0 unspecified atom stereocenters. The fourth-order valence-electron chi connectivity index (χ4n) is 1.46. The Bertz CT molecular complexity index is 494. The van der Waals surface area contributed by atoms with E-state index in [0.717, 1.165) is 7.05 Å². The molecule has 0 saturated carbocycles. The SMILES string of the molecule is CN1C(=O)c2c(F)c(F)c(F)c(F)c2C1=O. The van der Waals surface area contributed by atoms with Gasteiger partial charge in [0.15, 0.2) is 23.3 Å². The van der Waals surface area contributed by atoms with Crippen LogP contribution in [-0.4, -0.2) is 23.8 Å². The standard InChI is InChI=1S/C9H3F4NO2/c1-14-8(15)2-3(9(14)16)5(11)7(13)6(12)4(2)10/h1H3. The zero-order chi connectivity index (χ0) is 12.2. The third kappa shape index (κ3) is 1.02. The quantitative estimate of drug-likeness (QED) is 0.294. The number of hydrogen-bond donors (Lipinski definition) is 0. The van der Waals surface area contributed by atoms with Gasteiger partial charge in [-0.05, 0) is 0 Å². The van der Waals surface area contributed by atoms with Gasteiger partial charge in [0.2, 0.25) is 0 Å². The Morgan fingerprint density at radius 2 is 1.06 bits per heavy atom. The van der Waals surface area contributed by atoms with Crippen molar-refractivity contribution in [3.63, 3.8) is 0 Å². The number of amides is 2. The molecule has 0 saturated heterocycles. The zero-order valence-corrected chi connectivity index (χ0v) is 7.78. The molecule has 0 bridgehead atoms. The van der Waals surface area contributed by atoms with Crippen LogP contribution in [-0.2, 0) is 0 Å². The molecule has 0 aliphatic carbocycles. The summed E-state index contributed by atoms with van der Waals surface area (Å²) in [6.07, 6.45) is 0. The molecule has 0 radical (unpaired) electrons. The van der Waals surface area contributed by atoms with E-state index in [2.05, 4.69) is 0 Å². The van der Waals surface area contributed by atoms with E-state index in [1.54, 1.807) is 0 Å². The van der Waals surface area contributed by atoms with Crippen LogP contribution in [0.25, 0.3) is 0 Å². The highest BCUT2D eigenvalue weighted by Gasteiger charge is 2.42. The molecule has 0 spiro atoms. The number of halogens is 4. The molecule has 1 aliphatic rings. The summed E-state index contributed by atoms with van der Waals surface area (Å²) in [7, 11) is 0.958. The topological polar surface area (TPSA) is 37.4 Å². The predicted octanol–water partition coefficient (Wildman–Crippen LogP) is 1.47. The number of nitrogens with zero attached hydrogens (tertiary/aromatic N) is 1. The van der Waals surface area contributed by atoms with Gasteiger partial charge in [-0.3, -0.25) is 14.5 Å². The van der Waals surface area contributed by atoms with E-state index >= 15 is 0 Å². The van der Waals surface area contributed by atoms with Gasteiger partial charge in [0.1, 0.15) is 0 Å². The minimum Gasteiger partial charge on any atom is -0.277 e. The monoisotopic (exact) mass is 233 g/mol. The van der Waals surface area contributed by atoms with Gasteiger partial charge in [-0.2, -0.15) is 0 Å². The van der Waals surface area contributed by atoms with Crippen molar-refractivity contribution in [3.05, 3.63) is 34.4 Å². The van der Waals surface area contributed by atoms with Gasteiger partial charge in [-0.25, -0.2) is 17.6 Å². The Kier molecular flexibility index (Phi) is 2.01. The Hall–Kier alpha value is -1.92. The second-order valence-electron chi connectivity index (χ2n) is 3.18. The van der Waals surface area contributed by atoms with Crippen LogP contribution in [0.1, 0.15) is 20.7 Å². The molecule has 1 heterocycles. The number of carbonyl (C=O) groups is 2. The fourth-order valence-corrected chi connectivity index (χ4v) is 1.46. The van der Waals surface area contributed by atoms with Gasteiger partial charge in [0.25, 0.3) is 11.8 Å². The van der Waals surface area contributed by atoms with Gasteiger partial charge in [-0.1, -0.05) is 0 Å². The molecule has 16 heavy (non-hydrogen) atoms. The first-order valence-corrected chi connectivity index (χ1v) is 4.06. The summed E-state index contributed by atoms with van der Waals surface area (Å²) >= 11 is 0. The number of carbonyl (C=O) groups excluding carboxylic acids is 2. The van der Waals surface area contributed by atoms with Gasteiger partial charge < -0.3 is 0 Å². The van der Waals surface area contributed by atoms with Crippen molar-refractivity contribution in [3.8, 4) is 0 Å². The van der Waals surface area contributed by atoms with Gasteiger partial charge in [0, 0.05) is 7.05 Å². The highest BCUT2D eigenvalue weighted by molar-refractivity contribution is 6.21. The first-order valence-electron chi connectivity index (χ1n) is 4.06. The highest BCUT2D eigenvalue weighted by atomic mass is 19.2. The van der Waals surface area contributed by atoms with Gasteiger partial charge in [-0.15, -0.1) is 0 Å². The Morgan fingerprint density at radius 3 is 1.38 bits per heavy atom. The third-order valence-corrected chi connectivity index (χ3v) is 2.30. The molecule has 1 aliphatic heterocycles. The molecule has 1 aromatic carbocycles. The molecule has 0 fully saturated rings. The van der Waals surface area contributed by atoms with Crippen LogP contribution < -0.4 is 0 Å². The van der Waals surface area contributed by atoms with Crippen molar-refractivity contribution >= 4 is 11.8 Å². The van der Waals surface area contributed by atoms with Crippen LogP contribution >= 0.6 is 0 Å². The van der Waals surface area contributed by atoms with Crippen molar-refractivity contribution in [1.29, 1.82) is 0 Å². The molecule has 0 N–H and O–H groups in total. The lowest BCUT2D eigenvalue weighted by molar-refractivity contribution is 0.0690. The predicted molar refractivity (Wildman–Crippen MR) is 42.7 cm³/mol. The summed E-state index contributed by atoms with van der Waals surface area (Å²) in [4.78, 5) is 22.9. The van der Waals surface area contributed by atoms with E-state index in [1.807, 2.05) is 0 Å². The summed E-state index contributed by atoms with van der Waals surface area (Å²) < 4.78 is 51.9. The van der Waals surface area contributed by atoms with Crippen molar-refractivity contribution < 1.29 is 27.2 Å². The number of fused-ring (bicyclic) bond motifs is 1. The van der Waals surface area contributed by atoms with E-state index in [-0.39, 0.29) is 0 Å². The first-order chi connectivity index (χ1) is 7.37. The summed E-state index contributed by atoms with van der Waals surface area (Å²) in [6, 6.07) is 0. The van der Waals surface area contributed by atoms with Gasteiger partial charge in [0.05, 0.1) is 11.1 Å². The summed E-state index contributed by atoms with van der Waals surface area (Å²) in [5.74, 6) is -10.3. The zero-order valence-electron chi connectivity index (χ0n) is 7.78. The number of benzene rings is 1. The molecule has 3 nitrogen and oxygen atoms in total. The molecule has 1 aromatic rings. The fraction of sp³-hybridized carbons (Fsp3) is 0.111. The molecule has 84 valence electrons. The number of hydrogen-bond acceptors (Lipinski definition) is 2. The minimum atomic E-state index is -2.10. The molecular weight excluding hydrogens is 230 g/mol. The van der Waals surface area contributed by atoms with Crippen molar-refractivity contribution in [1.82, 2.24) is 4.90 Å². The summed E-state index contributed by atoms with van der Waals surface area (Å²) in [5.41, 5.74) is -2.13. The Balaban J connectivity index is 2.91. The average molecular weight is 233 g/mol. The van der Waals surface area contributed by atoms with Crippen LogP contribution in [0.2, 0.25) is 0 Å². The minimum absolute atomic E-state index is 0.385. The number of rotatable bonds is 0. The Morgan fingerprint density at radius 1 is 0.750 bits per heavy atom. The maximum Gasteiger partial charge on any atom is 0.264 e. The summed E-state index contributed by atoms with van der Waals surface area (Å²) in [5, 5.41) is 0. The molecule has 0 atom stereocenters. The second-order valence-corrected chi connectivity index (χ2v) is 3.18. The third-order valence-electron chi connectivity index (χ3n) is 2.30. The summed E-state index contributed by atoms with van der Waals surface area (Å²) in [6.45, 7) is 0. The van der Waals surface area contributed by atoms with E-state index in [9.17, 15) is 27.2 Å². The van der Waals surface area contributed by atoms with E-state index < -0.39 is 46.2 Å². The molecule has 0 aromatic heterocycles. The molecular formula is C9H3F4NO2. The first kappa shape index (κ1) is 10.6. The Labute approximate surface area is 86.3 Å². The van der Waals surface area contributed by atoms with Gasteiger partial charge >= 0.3 is 0 Å². The lowest BCUT2D eigenvalue weighted by Crippen LogP contribution is -2.24. The lowest BCUT2D eigenvalue weighted by atomic mass is 10.1. The maximum absolute atomic E-state index is 13.2. The van der Waals surface area contributed by atoms with E-state index in [0.29, 0.717) is 4.90 Å². The van der Waals surface area contributed by atoms with Crippen molar-refractivity contribution in [2.75, 3.05) is 7.05 Å². The van der Waals surface area contributed by atoms with E-state index in [1.165, 1.54) is 0 Å². The van der Waals surface area contributed by atoms with Crippen molar-refractivity contribution in [2.45, 2.75) is 0 Å². The molecule has 2 amide bonds. The average Bonchev–Trinajstić information content (AvgIpc) is 2.48. The van der Waals surface area contributed by atoms with Crippen LogP contribution in [0, 0.1) is 23.3 Å². The molecule has 7 heteroatoms. The van der Waals surface area contributed by atoms with Crippen LogP contribution in [0.4, 0.5) is 17.6 Å². The normalized spacial score (nSPS) is 14.7. The largest absolute Gasteiger partial charge is 0.277 e. The lowest BCUT2D eigenvalue weighted by Gasteiger charge is -2.02. The number of imide groups is 1. The van der Waals surface area contributed by atoms with Crippen LogP contribution in [0.3, 0.4) is 0 Å². The smallest absolute Gasteiger partial charge is 0.264 e. The van der Waals surface area contributed by atoms with Crippen LogP contribution in [0.15, 0.2) is 0 Å². The second kappa shape index (κ2) is 3.03. The van der Waals surface area contributed by atoms with Crippen LogP contribution in [0.5, 0.6) is 0 Å². The van der Waals surface area contributed by atoms with E-state index in [4.69, 9.17) is 0 Å². The molecule has 2 rings (SSSR count).